The van der Waals surface area contributed by atoms with Gasteiger partial charge in [0.2, 0.25) is 0 Å². The second-order valence-corrected chi connectivity index (χ2v) is 14.2. The molecular formula is C42H82N2+2. The zero-order valence-corrected chi connectivity index (χ0v) is 30.7. The Bertz CT molecular complexity index is 574. The summed E-state index contributed by atoms with van der Waals surface area (Å²) in [5, 5.41) is 0. The highest BCUT2D eigenvalue weighted by atomic mass is 15.3. The molecule has 0 rings (SSSR count). The zero-order chi connectivity index (χ0) is 32.5. The van der Waals surface area contributed by atoms with Crippen LogP contribution >= 0.6 is 0 Å². The molecule has 0 amide bonds. The van der Waals surface area contributed by atoms with Crippen LogP contribution in [-0.2, 0) is 0 Å². The van der Waals surface area contributed by atoms with Gasteiger partial charge in [0, 0.05) is 0 Å². The summed E-state index contributed by atoms with van der Waals surface area (Å²) in [7, 11) is 0. The lowest BCUT2D eigenvalue weighted by Crippen LogP contribution is -2.50. The third-order valence-corrected chi connectivity index (χ3v) is 10.1. The van der Waals surface area contributed by atoms with E-state index in [9.17, 15) is 0 Å². The van der Waals surface area contributed by atoms with Crippen molar-refractivity contribution < 1.29 is 8.97 Å². The second kappa shape index (κ2) is 31.8. The fraction of sp³-hybridized carbons (Fsp3) is 0.810. The van der Waals surface area contributed by atoms with Crippen LogP contribution in [-0.4, -0.2) is 61.3 Å². The Labute approximate surface area is 279 Å². The molecule has 0 aliphatic rings. The van der Waals surface area contributed by atoms with Crippen molar-refractivity contribution in [3.63, 3.8) is 0 Å². The number of rotatable bonds is 37. The van der Waals surface area contributed by atoms with Gasteiger partial charge in [-0.15, -0.1) is 0 Å². The molecule has 258 valence electrons. The van der Waals surface area contributed by atoms with E-state index in [0.29, 0.717) is 0 Å². The van der Waals surface area contributed by atoms with E-state index < -0.39 is 0 Å². The van der Waals surface area contributed by atoms with Crippen molar-refractivity contribution in [3.8, 4) is 0 Å². The maximum absolute atomic E-state index is 4.14. The van der Waals surface area contributed by atoms with Gasteiger partial charge in [0.05, 0.1) is 52.4 Å². The molecule has 2 heteroatoms. The summed E-state index contributed by atoms with van der Waals surface area (Å²) in [4.78, 5) is 0. The van der Waals surface area contributed by atoms with Gasteiger partial charge in [-0.2, -0.15) is 0 Å². The third kappa shape index (κ3) is 24.2. The zero-order valence-electron chi connectivity index (χ0n) is 30.7. The number of nitrogens with zero attached hydrogens (tertiary/aromatic N) is 2. The van der Waals surface area contributed by atoms with Crippen LogP contribution in [0.1, 0.15) is 168 Å². The summed E-state index contributed by atoms with van der Waals surface area (Å²) < 4.78 is 2.32. The van der Waals surface area contributed by atoms with Crippen molar-refractivity contribution in [1.29, 1.82) is 0 Å². The van der Waals surface area contributed by atoms with E-state index in [1.807, 2.05) is 0 Å². The Hall–Kier alpha value is -1.12. The first-order chi connectivity index (χ1) is 21.6. The quantitative estimate of drug-likeness (QED) is 0.0371. The number of unbranched alkanes of at least 4 members (excludes halogenated alkanes) is 21. The summed E-state index contributed by atoms with van der Waals surface area (Å²) in [6.45, 7) is 30.6. The molecule has 0 spiro atoms. The van der Waals surface area contributed by atoms with Gasteiger partial charge in [-0.1, -0.05) is 143 Å². The maximum atomic E-state index is 4.14. The van der Waals surface area contributed by atoms with Crippen LogP contribution in [0.15, 0.2) is 50.6 Å². The Morgan fingerprint density at radius 1 is 0.295 bits per heavy atom. The molecule has 0 aromatic rings. The molecule has 0 aromatic heterocycles. The first-order valence-electron chi connectivity index (χ1n) is 19.7. The lowest BCUT2D eigenvalue weighted by molar-refractivity contribution is -0.918. The van der Waals surface area contributed by atoms with E-state index in [4.69, 9.17) is 0 Å². The van der Waals surface area contributed by atoms with E-state index in [2.05, 4.69) is 64.5 Å². The first-order valence-corrected chi connectivity index (χ1v) is 19.7. The predicted octanol–water partition coefficient (Wildman–Crippen LogP) is 12.8. The van der Waals surface area contributed by atoms with Gasteiger partial charge in [-0.25, -0.2) is 0 Å². The van der Waals surface area contributed by atoms with Crippen molar-refractivity contribution in [1.82, 2.24) is 0 Å². The van der Waals surface area contributed by atoms with E-state index in [1.165, 1.54) is 180 Å². The molecule has 0 aromatic carbocycles. The topological polar surface area (TPSA) is 0 Å². The molecule has 0 saturated heterocycles. The molecule has 0 bridgehead atoms. The van der Waals surface area contributed by atoms with Crippen LogP contribution in [0.2, 0.25) is 0 Å². The average molecular weight is 615 g/mol. The van der Waals surface area contributed by atoms with E-state index in [1.54, 1.807) is 0 Å². The second-order valence-electron chi connectivity index (χ2n) is 14.2. The minimum Gasteiger partial charge on any atom is -0.317 e. The molecule has 0 aliphatic heterocycles. The van der Waals surface area contributed by atoms with Gasteiger partial charge in [0.25, 0.3) is 0 Å². The molecule has 0 fully saturated rings. The van der Waals surface area contributed by atoms with E-state index in [-0.39, 0.29) is 0 Å². The fourth-order valence-electron chi connectivity index (χ4n) is 7.32. The largest absolute Gasteiger partial charge is 0.317 e. The summed E-state index contributed by atoms with van der Waals surface area (Å²) >= 11 is 0. The van der Waals surface area contributed by atoms with Crippen LogP contribution in [0.25, 0.3) is 0 Å². The first kappa shape index (κ1) is 42.9. The Balaban J connectivity index is 4.46. The van der Waals surface area contributed by atoms with E-state index >= 15 is 0 Å². The standard InChI is InChI=1S/C42H82N2/c1-7-13-15-17-19-21-23-25-27-31-39-43(35-9-3,36-10-4)41-33-29-30-34-42-44(37-11-5,38-12-6)40-32-28-26-24-22-20-18-16-14-8-2/h9-12H,3-8,13-42H2,1-2H3/q+2. The monoisotopic (exact) mass is 615 g/mol. The molecule has 2 nitrogen and oxygen atoms in total. The molecule has 0 heterocycles. The highest BCUT2D eigenvalue weighted by Crippen LogP contribution is 2.19. The van der Waals surface area contributed by atoms with Crippen LogP contribution in [0.3, 0.4) is 0 Å². The molecule has 0 radical (unpaired) electrons. The summed E-state index contributed by atoms with van der Waals surface area (Å²) in [5.74, 6) is 0. The normalized spacial score (nSPS) is 12.0. The summed E-state index contributed by atoms with van der Waals surface area (Å²) in [6.07, 6.45) is 42.1. The van der Waals surface area contributed by atoms with Crippen LogP contribution in [0.5, 0.6) is 0 Å². The van der Waals surface area contributed by atoms with Gasteiger partial charge in [-0.05, 0) is 75.7 Å². The van der Waals surface area contributed by atoms with Crippen LogP contribution in [0, 0.1) is 0 Å². The Morgan fingerprint density at radius 2 is 0.477 bits per heavy atom. The van der Waals surface area contributed by atoms with Crippen molar-refractivity contribution >= 4 is 0 Å². The lowest BCUT2D eigenvalue weighted by Gasteiger charge is -2.38. The lowest BCUT2D eigenvalue weighted by atomic mass is 10.1. The number of quaternary nitrogens is 2. The summed E-state index contributed by atoms with van der Waals surface area (Å²) in [6, 6.07) is 0. The third-order valence-electron chi connectivity index (χ3n) is 10.1. The average Bonchev–Trinajstić information content (AvgIpc) is 3.01. The Morgan fingerprint density at radius 3 is 0.659 bits per heavy atom. The van der Waals surface area contributed by atoms with Gasteiger partial charge in [-0.3, -0.25) is 0 Å². The van der Waals surface area contributed by atoms with Gasteiger partial charge >= 0.3 is 0 Å². The molecular weight excluding hydrogens is 532 g/mol. The van der Waals surface area contributed by atoms with Gasteiger partial charge in [0.1, 0.15) is 0 Å². The molecule has 0 aliphatic carbocycles. The minimum absolute atomic E-state index is 1.08. The van der Waals surface area contributed by atoms with Crippen molar-refractivity contribution in [2.75, 3.05) is 52.4 Å². The fourth-order valence-corrected chi connectivity index (χ4v) is 7.32. The molecule has 0 atom stereocenters. The summed E-state index contributed by atoms with van der Waals surface area (Å²) in [5.41, 5.74) is 0. The van der Waals surface area contributed by atoms with Crippen LogP contribution < -0.4 is 0 Å². The van der Waals surface area contributed by atoms with Crippen molar-refractivity contribution in [3.05, 3.63) is 50.6 Å². The van der Waals surface area contributed by atoms with Gasteiger partial charge < -0.3 is 8.97 Å². The van der Waals surface area contributed by atoms with E-state index in [0.717, 1.165) is 35.1 Å². The maximum Gasteiger partial charge on any atom is 0.0973 e. The Kier molecular flexibility index (Phi) is 31.0. The van der Waals surface area contributed by atoms with Crippen molar-refractivity contribution in [2.24, 2.45) is 0 Å². The number of hydrogen-bond acceptors (Lipinski definition) is 0. The highest BCUT2D eigenvalue weighted by Gasteiger charge is 2.25. The van der Waals surface area contributed by atoms with Crippen LogP contribution in [0.4, 0.5) is 0 Å². The number of hydrogen-bond donors (Lipinski definition) is 0. The SMILES string of the molecule is C=CC[N+](CC=C)(CCCCCCCCCCCC)CCCCCC[N+](CC=C)(CC=C)CCCCCCCCCCCC. The molecule has 0 saturated carbocycles. The minimum atomic E-state index is 1.08. The highest BCUT2D eigenvalue weighted by molar-refractivity contribution is 4.74. The smallest absolute Gasteiger partial charge is 0.0973 e. The molecule has 0 unspecified atom stereocenters. The van der Waals surface area contributed by atoms with Crippen molar-refractivity contribution in [2.45, 2.75) is 168 Å². The van der Waals surface area contributed by atoms with Gasteiger partial charge in [0.15, 0.2) is 0 Å². The predicted molar refractivity (Wildman–Crippen MR) is 202 cm³/mol. The molecule has 0 N–H and O–H groups in total. The molecule has 44 heavy (non-hydrogen) atoms.